The van der Waals surface area contributed by atoms with Crippen LogP contribution in [0.1, 0.15) is 31.2 Å². The van der Waals surface area contributed by atoms with Crippen LogP contribution in [0, 0.1) is 0 Å². The summed E-state index contributed by atoms with van der Waals surface area (Å²) in [4.78, 5) is 15.7. The van der Waals surface area contributed by atoms with E-state index in [0.29, 0.717) is 18.3 Å². The van der Waals surface area contributed by atoms with Crippen molar-refractivity contribution in [2.75, 3.05) is 11.9 Å². The van der Waals surface area contributed by atoms with Crippen LogP contribution in [0.25, 0.3) is 22.4 Å². The van der Waals surface area contributed by atoms with Crippen LogP contribution in [0.3, 0.4) is 0 Å². The molecule has 27 heavy (non-hydrogen) atoms. The van der Waals surface area contributed by atoms with Crippen molar-refractivity contribution in [2.24, 2.45) is 7.05 Å². The normalized spacial score (nSPS) is 11.4. The second kappa shape index (κ2) is 6.79. The number of aromatic nitrogens is 6. The van der Waals surface area contributed by atoms with Crippen LogP contribution in [-0.4, -0.2) is 36.9 Å². The maximum absolute atomic E-state index is 5.41. The van der Waals surface area contributed by atoms with Crippen molar-refractivity contribution in [3.8, 4) is 11.4 Å². The molecule has 0 N–H and O–H groups in total. The van der Waals surface area contributed by atoms with Gasteiger partial charge in [-0.2, -0.15) is 5.10 Å². The van der Waals surface area contributed by atoms with E-state index in [2.05, 4.69) is 34.1 Å². The first-order valence-corrected chi connectivity index (χ1v) is 8.79. The van der Waals surface area contributed by atoms with Crippen molar-refractivity contribution < 1.29 is 4.52 Å². The zero-order valence-corrected chi connectivity index (χ0v) is 15.8. The molecule has 0 aromatic carbocycles. The predicted octanol–water partition coefficient (Wildman–Crippen LogP) is 3.17. The number of hydrogen-bond acceptors (Lipinski definition) is 7. The lowest BCUT2D eigenvalue weighted by Gasteiger charge is -2.18. The van der Waals surface area contributed by atoms with E-state index >= 15 is 0 Å². The quantitative estimate of drug-likeness (QED) is 0.538. The summed E-state index contributed by atoms with van der Waals surface area (Å²) in [6, 6.07) is 5.81. The number of nitrogens with zero attached hydrogens (tertiary/aromatic N) is 7. The Kier molecular flexibility index (Phi) is 4.31. The maximum atomic E-state index is 5.41. The zero-order valence-electron chi connectivity index (χ0n) is 15.8. The summed E-state index contributed by atoms with van der Waals surface area (Å²) < 4.78 is 7.16. The average molecular weight is 363 g/mol. The van der Waals surface area contributed by atoms with Crippen LogP contribution in [-0.2, 0) is 13.6 Å². The molecule has 0 aliphatic rings. The number of anilines is 1. The Balaban J connectivity index is 1.75. The molecule has 0 aliphatic heterocycles. The molecule has 0 atom stereocenters. The second-order valence-corrected chi connectivity index (χ2v) is 6.85. The fourth-order valence-electron chi connectivity index (χ4n) is 2.92. The summed E-state index contributed by atoms with van der Waals surface area (Å²) >= 11 is 0. The fourth-order valence-corrected chi connectivity index (χ4v) is 2.92. The van der Waals surface area contributed by atoms with E-state index in [1.165, 1.54) is 0 Å². The van der Waals surface area contributed by atoms with Gasteiger partial charge in [-0.1, -0.05) is 19.0 Å². The van der Waals surface area contributed by atoms with Gasteiger partial charge in [0.15, 0.2) is 11.5 Å². The van der Waals surface area contributed by atoms with Gasteiger partial charge in [0.05, 0.1) is 18.1 Å². The molecule has 138 valence electrons. The van der Waals surface area contributed by atoms with Crippen LogP contribution < -0.4 is 4.90 Å². The highest BCUT2D eigenvalue weighted by Gasteiger charge is 2.17. The molecule has 4 aromatic rings. The van der Waals surface area contributed by atoms with E-state index in [1.54, 1.807) is 23.3 Å². The summed E-state index contributed by atoms with van der Waals surface area (Å²) in [6.45, 7) is 4.74. The monoisotopic (exact) mass is 363 g/mol. The highest BCUT2D eigenvalue weighted by atomic mass is 16.5. The van der Waals surface area contributed by atoms with Gasteiger partial charge in [0.2, 0.25) is 0 Å². The third-order valence-corrected chi connectivity index (χ3v) is 4.40. The topological polar surface area (TPSA) is 85.8 Å². The molecule has 0 saturated carbocycles. The van der Waals surface area contributed by atoms with Crippen LogP contribution >= 0.6 is 0 Å². The molecule has 0 fully saturated rings. The Morgan fingerprint density at radius 2 is 2.07 bits per heavy atom. The Morgan fingerprint density at radius 3 is 2.78 bits per heavy atom. The molecule has 0 radical (unpaired) electrons. The lowest BCUT2D eigenvalue weighted by atomic mass is 10.1. The van der Waals surface area contributed by atoms with Crippen LogP contribution in [0.15, 0.2) is 41.3 Å². The average Bonchev–Trinajstić information content (AvgIpc) is 3.29. The highest BCUT2D eigenvalue weighted by Crippen LogP contribution is 2.27. The summed E-state index contributed by atoms with van der Waals surface area (Å²) in [6.07, 6.45) is 5.28. The second-order valence-electron chi connectivity index (χ2n) is 6.85. The van der Waals surface area contributed by atoms with Crippen molar-refractivity contribution >= 4 is 16.9 Å². The molecule has 0 aliphatic carbocycles. The largest absolute Gasteiger partial charge is 0.361 e. The molecule has 0 saturated heterocycles. The summed E-state index contributed by atoms with van der Waals surface area (Å²) in [5.74, 6) is 2.59. The van der Waals surface area contributed by atoms with Gasteiger partial charge in [0.1, 0.15) is 17.3 Å². The van der Waals surface area contributed by atoms with Gasteiger partial charge in [-0.25, -0.2) is 9.97 Å². The van der Waals surface area contributed by atoms with Crippen LogP contribution in [0.5, 0.6) is 0 Å². The lowest BCUT2D eigenvalue weighted by molar-refractivity contribution is 0.365. The number of fused-ring (bicyclic) bond motifs is 1. The SMILES string of the molecule is CC(C)c1cc(CN(C)c2nc(-c3cccnc3)nc3c2cnn3C)no1. The molecular weight excluding hydrogens is 342 g/mol. The van der Waals surface area contributed by atoms with Gasteiger partial charge in [-0.15, -0.1) is 0 Å². The molecule has 4 heterocycles. The van der Waals surface area contributed by atoms with Crippen molar-refractivity contribution in [3.05, 3.63) is 48.2 Å². The van der Waals surface area contributed by atoms with Crippen molar-refractivity contribution in [3.63, 3.8) is 0 Å². The first-order valence-electron chi connectivity index (χ1n) is 8.79. The van der Waals surface area contributed by atoms with Crippen molar-refractivity contribution in [1.29, 1.82) is 0 Å². The third kappa shape index (κ3) is 3.25. The molecular formula is C19H21N7O. The molecule has 8 heteroatoms. The number of hydrogen-bond donors (Lipinski definition) is 0. The minimum Gasteiger partial charge on any atom is -0.361 e. The Hall–Kier alpha value is -3.29. The Morgan fingerprint density at radius 1 is 1.22 bits per heavy atom. The van der Waals surface area contributed by atoms with Gasteiger partial charge < -0.3 is 9.42 Å². The van der Waals surface area contributed by atoms with Gasteiger partial charge in [0, 0.05) is 44.0 Å². The minimum atomic E-state index is 0.304. The maximum Gasteiger partial charge on any atom is 0.165 e. The number of aryl methyl sites for hydroxylation is 1. The molecule has 0 spiro atoms. The molecule has 0 amide bonds. The van der Waals surface area contributed by atoms with E-state index in [1.807, 2.05) is 37.2 Å². The fraction of sp³-hybridized carbons (Fsp3) is 0.316. The summed E-state index contributed by atoms with van der Waals surface area (Å²) in [7, 11) is 3.85. The van der Waals surface area contributed by atoms with Gasteiger partial charge in [-0.05, 0) is 12.1 Å². The van der Waals surface area contributed by atoms with Gasteiger partial charge in [-0.3, -0.25) is 9.67 Å². The first-order chi connectivity index (χ1) is 13.0. The van der Waals surface area contributed by atoms with E-state index in [9.17, 15) is 0 Å². The number of pyridine rings is 1. The molecule has 8 nitrogen and oxygen atoms in total. The van der Waals surface area contributed by atoms with Crippen LogP contribution in [0.2, 0.25) is 0 Å². The zero-order chi connectivity index (χ0) is 19.0. The summed E-state index contributed by atoms with van der Waals surface area (Å²) in [5, 5.41) is 9.41. The standard InChI is InChI=1S/C19H21N7O/c1-12(2)16-8-14(24-27-16)11-25(3)18-15-10-21-26(4)19(15)23-17(22-18)13-6-5-7-20-9-13/h5-10,12H,11H2,1-4H3. The van der Waals surface area contributed by atoms with Crippen molar-refractivity contribution in [2.45, 2.75) is 26.3 Å². The van der Waals surface area contributed by atoms with Crippen LogP contribution in [0.4, 0.5) is 5.82 Å². The van der Waals surface area contributed by atoms with E-state index in [0.717, 1.165) is 33.9 Å². The Bertz CT molecular complexity index is 1070. The molecule has 0 bridgehead atoms. The first kappa shape index (κ1) is 17.1. The van der Waals surface area contributed by atoms with E-state index in [4.69, 9.17) is 9.51 Å². The van der Waals surface area contributed by atoms with Gasteiger partial charge >= 0.3 is 0 Å². The Labute approximate surface area is 156 Å². The third-order valence-electron chi connectivity index (χ3n) is 4.40. The number of rotatable bonds is 5. The van der Waals surface area contributed by atoms with E-state index < -0.39 is 0 Å². The predicted molar refractivity (Wildman–Crippen MR) is 102 cm³/mol. The molecule has 4 aromatic heterocycles. The molecule has 0 unspecified atom stereocenters. The lowest BCUT2D eigenvalue weighted by Crippen LogP contribution is -2.19. The smallest absolute Gasteiger partial charge is 0.165 e. The highest BCUT2D eigenvalue weighted by molar-refractivity contribution is 5.88. The molecule has 4 rings (SSSR count). The minimum absolute atomic E-state index is 0.304. The van der Waals surface area contributed by atoms with Gasteiger partial charge in [0.25, 0.3) is 0 Å². The van der Waals surface area contributed by atoms with E-state index in [-0.39, 0.29) is 0 Å². The summed E-state index contributed by atoms with van der Waals surface area (Å²) in [5.41, 5.74) is 2.49. The van der Waals surface area contributed by atoms with Crippen molar-refractivity contribution in [1.82, 2.24) is 29.9 Å².